The molecule has 0 atom stereocenters. The van der Waals surface area contributed by atoms with Crippen molar-refractivity contribution in [2.75, 3.05) is 0 Å². The highest BCUT2D eigenvalue weighted by Gasteiger charge is 2.20. The van der Waals surface area contributed by atoms with Gasteiger partial charge in [-0.25, -0.2) is 0 Å². The van der Waals surface area contributed by atoms with Crippen LogP contribution in [0.2, 0.25) is 0 Å². The van der Waals surface area contributed by atoms with Crippen molar-refractivity contribution in [3.8, 4) is 0 Å². The molecule has 19 heavy (non-hydrogen) atoms. The predicted molar refractivity (Wildman–Crippen MR) is 76.9 cm³/mol. The van der Waals surface area contributed by atoms with Crippen LogP contribution in [0.4, 0.5) is 0 Å². The van der Waals surface area contributed by atoms with Gasteiger partial charge in [0.25, 0.3) is 0 Å². The van der Waals surface area contributed by atoms with Crippen molar-refractivity contribution in [1.29, 1.82) is 0 Å². The van der Waals surface area contributed by atoms with E-state index >= 15 is 0 Å². The van der Waals surface area contributed by atoms with Crippen LogP contribution in [0, 0.1) is 10.8 Å². The normalized spacial score (nSPS) is 12.7. The maximum atomic E-state index is 11.8. The molecule has 4 nitrogen and oxygen atoms in total. The first-order valence-corrected chi connectivity index (χ1v) is 7.00. The molecule has 0 N–H and O–H groups in total. The molecule has 4 heteroatoms. The number of hydrogen-bond donors (Lipinski definition) is 0. The van der Waals surface area contributed by atoms with E-state index in [2.05, 4.69) is 31.1 Å². The molecule has 0 aromatic carbocycles. The highest BCUT2D eigenvalue weighted by Crippen LogP contribution is 2.19. The first-order chi connectivity index (χ1) is 8.58. The van der Waals surface area contributed by atoms with Gasteiger partial charge in [0.05, 0.1) is 5.69 Å². The Labute approximate surface area is 116 Å². The van der Waals surface area contributed by atoms with Crippen molar-refractivity contribution >= 4 is 5.78 Å². The third kappa shape index (κ3) is 5.99. The summed E-state index contributed by atoms with van der Waals surface area (Å²) in [6.07, 6.45) is 4.29. The van der Waals surface area contributed by atoms with Gasteiger partial charge in [-0.3, -0.25) is 9.48 Å². The maximum absolute atomic E-state index is 11.8. The largest absolute Gasteiger partial charge is 0.299 e. The topological polar surface area (TPSA) is 47.8 Å². The lowest BCUT2D eigenvalue weighted by atomic mass is 9.88. The molecule has 0 saturated carbocycles. The van der Waals surface area contributed by atoms with Crippen molar-refractivity contribution in [2.24, 2.45) is 10.8 Å². The molecule has 0 aliphatic rings. The van der Waals surface area contributed by atoms with E-state index in [4.69, 9.17) is 0 Å². The minimum absolute atomic E-state index is 0.202. The zero-order valence-corrected chi connectivity index (χ0v) is 13.2. The van der Waals surface area contributed by atoms with Crippen LogP contribution in [-0.4, -0.2) is 20.8 Å². The van der Waals surface area contributed by atoms with Gasteiger partial charge in [0.1, 0.15) is 5.78 Å². The summed E-state index contributed by atoms with van der Waals surface area (Å²) < 4.78 is 1.89. The first-order valence-electron chi connectivity index (χ1n) is 7.00. The summed E-state index contributed by atoms with van der Waals surface area (Å²) in [4.78, 5) is 11.8. The number of aromatic nitrogens is 3. The van der Waals surface area contributed by atoms with Crippen LogP contribution < -0.4 is 0 Å². The molecule has 0 spiro atoms. The van der Waals surface area contributed by atoms with Gasteiger partial charge in [0.2, 0.25) is 0 Å². The van der Waals surface area contributed by atoms with E-state index in [1.165, 1.54) is 0 Å². The van der Waals surface area contributed by atoms with Gasteiger partial charge in [0, 0.05) is 24.6 Å². The Morgan fingerprint density at radius 3 is 2.37 bits per heavy atom. The Morgan fingerprint density at radius 1 is 1.21 bits per heavy atom. The molecule has 1 rings (SSSR count). The number of aryl methyl sites for hydroxylation is 1. The Balaban J connectivity index is 2.41. The predicted octanol–water partition coefficient (Wildman–Crippen LogP) is 3.26. The van der Waals surface area contributed by atoms with E-state index in [9.17, 15) is 4.79 Å². The number of carbonyl (C=O) groups excluding carboxylic acids is 1. The molecule has 0 unspecified atom stereocenters. The van der Waals surface area contributed by atoms with Crippen LogP contribution >= 0.6 is 0 Å². The van der Waals surface area contributed by atoms with Crippen molar-refractivity contribution in [1.82, 2.24) is 15.0 Å². The van der Waals surface area contributed by atoms with Gasteiger partial charge in [-0.2, -0.15) is 0 Å². The molecule has 0 amide bonds. The van der Waals surface area contributed by atoms with Gasteiger partial charge in [0.15, 0.2) is 0 Å². The molecule has 1 heterocycles. The second kappa shape index (κ2) is 5.85. The second-order valence-electron chi connectivity index (χ2n) is 7.49. The Kier molecular flexibility index (Phi) is 4.88. The third-order valence-corrected chi connectivity index (χ3v) is 2.90. The molecule has 0 bridgehead atoms. The van der Waals surface area contributed by atoms with E-state index in [1.807, 2.05) is 31.6 Å². The van der Waals surface area contributed by atoms with Crippen molar-refractivity contribution in [2.45, 2.75) is 67.3 Å². The molecule has 1 aromatic heterocycles. The summed E-state index contributed by atoms with van der Waals surface area (Å²) in [6.45, 7) is 13.3. The van der Waals surface area contributed by atoms with Crippen LogP contribution in [0.5, 0.6) is 0 Å². The summed E-state index contributed by atoms with van der Waals surface area (Å²) in [5.41, 5.74) is 0.947. The SMILES string of the molecule is CC(C)(C)Cn1cc(CCCC(=O)C(C)(C)C)nn1. The summed E-state index contributed by atoms with van der Waals surface area (Å²) in [5, 5.41) is 8.29. The first kappa shape index (κ1) is 15.9. The molecule has 0 fully saturated rings. The average molecular weight is 265 g/mol. The standard InChI is InChI=1S/C15H27N3O/c1-14(2,3)11-18-10-12(16-17-18)8-7-9-13(19)15(4,5)6/h10H,7-9,11H2,1-6H3. The van der Waals surface area contributed by atoms with Crippen LogP contribution in [0.1, 0.15) is 60.1 Å². The lowest BCUT2D eigenvalue weighted by Crippen LogP contribution is -2.19. The number of Topliss-reactive ketones (excluding diaryl/α,β-unsaturated/α-hetero) is 1. The van der Waals surface area contributed by atoms with Crippen molar-refractivity contribution < 1.29 is 4.79 Å². The fourth-order valence-electron chi connectivity index (χ4n) is 1.82. The fourth-order valence-corrected chi connectivity index (χ4v) is 1.82. The van der Waals surface area contributed by atoms with Crippen molar-refractivity contribution in [3.63, 3.8) is 0 Å². The van der Waals surface area contributed by atoms with E-state index < -0.39 is 0 Å². The summed E-state index contributed by atoms with van der Waals surface area (Å²) in [6, 6.07) is 0. The van der Waals surface area contributed by atoms with Gasteiger partial charge >= 0.3 is 0 Å². The summed E-state index contributed by atoms with van der Waals surface area (Å²) >= 11 is 0. The lowest BCUT2D eigenvalue weighted by Gasteiger charge is -2.16. The smallest absolute Gasteiger partial charge is 0.138 e. The van der Waals surface area contributed by atoms with Crippen LogP contribution in [0.15, 0.2) is 6.20 Å². The van der Waals surface area contributed by atoms with Gasteiger partial charge < -0.3 is 0 Å². The highest BCUT2D eigenvalue weighted by atomic mass is 16.1. The number of carbonyl (C=O) groups is 1. The third-order valence-electron chi connectivity index (χ3n) is 2.90. The number of ketones is 1. The van der Waals surface area contributed by atoms with Crippen LogP contribution in [0.25, 0.3) is 0 Å². The molecular formula is C15H27N3O. The van der Waals surface area contributed by atoms with Gasteiger partial charge in [-0.15, -0.1) is 5.10 Å². The lowest BCUT2D eigenvalue weighted by molar-refractivity contribution is -0.126. The second-order valence-corrected chi connectivity index (χ2v) is 7.49. The van der Waals surface area contributed by atoms with E-state index in [0.717, 1.165) is 25.1 Å². The van der Waals surface area contributed by atoms with Gasteiger partial charge in [-0.05, 0) is 18.3 Å². The molecule has 0 aliphatic carbocycles. The molecule has 0 radical (unpaired) electrons. The summed E-state index contributed by atoms with van der Waals surface area (Å²) in [7, 11) is 0. The fraction of sp³-hybridized carbons (Fsp3) is 0.800. The minimum Gasteiger partial charge on any atom is -0.299 e. The summed E-state index contributed by atoms with van der Waals surface area (Å²) in [5.74, 6) is 0.314. The zero-order chi connectivity index (χ0) is 14.7. The molecule has 1 aromatic rings. The van der Waals surface area contributed by atoms with Gasteiger partial charge in [-0.1, -0.05) is 46.8 Å². The zero-order valence-electron chi connectivity index (χ0n) is 13.2. The Bertz CT molecular complexity index is 421. The number of rotatable bonds is 5. The average Bonchev–Trinajstić information content (AvgIpc) is 2.61. The number of hydrogen-bond acceptors (Lipinski definition) is 3. The molecular weight excluding hydrogens is 238 g/mol. The van der Waals surface area contributed by atoms with Crippen LogP contribution in [-0.2, 0) is 17.8 Å². The van der Waals surface area contributed by atoms with E-state index in [-0.39, 0.29) is 10.8 Å². The molecule has 0 saturated heterocycles. The van der Waals surface area contributed by atoms with E-state index in [0.29, 0.717) is 12.2 Å². The Morgan fingerprint density at radius 2 is 1.84 bits per heavy atom. The van der Waals surface area contributed by atoms with Crippen LogP contribution in [0.3, 0.4) is 0 Å². The quantitative estimate of drug-likeness (QED) is 0.821. The number of nitrogens with zero attached hydrogens (tertiary/aromatic N) is 3. The minimum atomic E-state index is -0.232. The molecule has 108 valence electrons. The monoisotopic (exact) mass is 265 g/mol. The van der Waals surface area contributed by atoms with E-state index in [1.54, 1.807) is 0 Å². The highest BCUT2D eigenvalue weighted by molar-refractivity contribution is 5.83. The Hall–Kier alpha value is -1.19. The molecule has 0 aliphatic heterocycles. The van der Waals surface area contributed by atoms with Crippen molar-refractivity contribution in [3.05, 3.63) is 11.9 Å². The maximum Gasteiger partial charge on any atom is 0.138 e.